The van der Waals surface area contributed by atoms with E-state index in [2.05, 4.69) is 13.8 Å². The molecule has 0 aromatic rings. The van der Waals surface area contributed by atoms with Gasteiger partial charge in [-0.2, -0.15) is 0 Å². The average molecular weight is 392 g/mol. The number of ether oxygens (including phenoxy) is 2. The number of esters is 2. The summed E-state index contributed by atoms with van der Waals surface area (Å²) in [6, 6.07) is 0. The van der Waals surface area contributed by atoms with E-state index in [1.165, 1.54) is 6.92 Å². The molecule has 2 aliphatic carbocycles. The van der Waals surface area contributed by atoms with Gasteiger partial charge in [0.25, 0.3) is 0 Å². The molecule has 156 valence electrons. The molecule has 5 unspecified atom stereocenters. The number of hydrogen-bond acceptors (Lipinski definition) is 6. The number of hydrogen-bond donors (Lipinski definition) is 2. The first-order valence-corrected chi connectivity index (χ1v) is 10.2. The fourth-order valence-corrected chi connectivity index (χ4v) is 5.65. The first kappa shape index (κ1) is 21.1. The quantitative estimate of drug-likeness (QED) is 0.533. The van der Waals surface area contributed by atoms with E-state index >= 15 is 0 Å². The zero-order chi connectivity index (χ0) is 20.5. The predicted octanol–water partition coefficient (Wildman–Crippen LogP) is 2.54. The van der Waals surface area contributed by atoms with E-state index in [0.29, 0.717) is 18.9 Å². The number of fused-ring (bicyclic) bond motifs is 1. The molecule has 0 bridgehead atoms. The molecular formula is C22H32O6. The van der Waals surface area contributed by atoms with Gasteiger partial charge in [0.05, 0.1) is 12.7 Å². The topological polar surface area (TPSA) is 93.1 Å². The van der Waals surface area contributed by atoms with Gasteiger partial charge in [0.15, 0.2) is 0 Å². The fourth-order valence-electron chi connectivity index (χ4n) is 5.65. The summed E-state index contributed by atoms with van der Waals surface area (Å²) in [6.45, 7) is 6.33. The molecule has 0 aromatic carbocycles. The van der Waals surface area contributed by atoms with E-state index in [-0.39, 0.29) is 36.5 Å². The maximum absolute atomic E-state index is 11.6. The summed E-state index contributed by atoms with van der Waals surface area (Å²) < 4.78 is 10.5. The Labute approximate surface area is 166 Å². The highest BCUT2D eigenvalue weighted by molar-refractivity contribution is 5.85. The molecule has 6 nitrogen and oxygen atoms in total. The van der Waals surface area contributed by atoms with Gasteiger partial charge < -0.3 is 19.7 Å². The van der Waals surface area contributed by atoms with Crippen molar-refractivity contribution in [2.24, 2.45) is 22.7 Å². The summed E-state index contributed by atoms with van der Waals surface area (Å²) >= 11 is 0. The summed E-state index contributed by atoms with van der Waals surface area (Å²) in [4.78, 5) is 23.0. The van der Waals surface area contributed by atoms with E-state index in [0.717, 1.165) is 36.8 Å². The minimum Gasteiger partial charge on any atom is -0.465 e. The van der Waals surface area contributed by atoms with Gasteiger partial charge in [-0.3, -0.25) is 4.79 Å². The summed E-state index contributed by atoms with van der Waals surface area (Å²) in [6.07, 6.45) is 6.70. The number of aliphatic hydroxyl groups excluding tert-OH is 2. The smallest absolute Gasteiger partial charge is 0.331 e. The van der Waals surface area contributed by atoms with Gasteiger partial charge in [0, 0.05) is 18.4 Å². The second-order valence-corrected chi connectivity index (χ2v) is 9.00. The number of carbonyl (C=O) groups is 2. The Morgan fingerprint density at radius 3 is 2.79 bits per heavy atom. The lowest BCUT2D eigenvalue weighted by Crippen LogP contribution is -2.55. The number of carbonyl (C=O) groups excluding carboxylic acids is 2. The first-order valence-electron chi connectivity index (χ1n) is 10.2. The second kappa shape index (κ2) is 7.99. The van der Waals surface area contributed by atoms with Crippen molar-refractivity contribution in [2.45, 2.75) is 59.0 Å². The molecule has 1 fully saturated rings. The highest BCUT2D eigenvalue weighted by Crippen LogP contribution is 2.62. The highest BCUT2D eigenvalue weighted by Gasteiger charge is 2.57. The van der Waals surface area contributed by atoms with Crippen molar-refractivity contribution in [3.05, 3.63) is 23.3 Å². The standard InChI is InChI=1S/C22H32O6/c1-14-4-7-22(13-28-15(2)24)17(11-23)9-18(25)10-19(22)21(14,3)6-5-16-8-20(26)27-12-16/h8-9,14,18-19,23,25H,4-7,10-13H2,1-3H3. The Hall–Kier alpha value is -1.66. The molecule has 1 saturated carbocycles. The average Bonchev–Trinajstić information content (AvgIpc) is 3.07. The minimum atomic E-state index is -0.613. The fraction of sp³-hybridized carbons (Fsp3) is 0.727. The van der Waals surface area contributed by atoms with Crippen LogP contribution in [-0.4, -0.2) is 48.1 Å². The van der Waals surface area contributed by atoms with Gasteiger partial charge in [0.2, 0.25) is 0 Å². The van der Waals surface area contributed by atoms with Crippen LogP contribution in [0.1, 0.15) is 52.9 Å². The molecule has 0 aromatic heterocycles. The molecule has 3 aliphatic rings. The van der Waals surface area contributed by atoms with Crippen LogP contribution in [0.15, 0.2) is 23.3 Å². The van der Waals surface area contributed by atoms with Crippen LogP contribution in [-0.2, 0) is 19.1 Å². The maximum atomic E-state index is 11.6. The highest BCUT2D eigenvalue weighted by atomic mass is 16.5. The van der Waals surface area contributed by atoms with Crippen molar-refractivity contribution >= 4 is 11.9 Å². The lowest BCUT2D eigenvalue weighted by molar-refractivity contribution is -0.153. The van der Waals surface area contributed by atoms with E-state index in [9.17, 15) is 19.8 Å². The zero-order valence-corrected chi connectivity index (χ0v) is 17.1. The summed E-state index contributed by atoms with van der Waals surface area (Å²) in [5.74, 6) is -0.126. The summed E-state index contributed by atoms with van der Waals surface area (Å²) in [5, 5.41) is 20.6. The van der Waals surface area contributed by atoms with Crippen molar-refractivity contribution < 1.29 is 29.3 Å². The van der Waals surface area contributed by atoms with Crippen molar-refractivity contribution in [1.82, 2.24) is 0 Å². The lowest BCUT2D eigenvalue weighted by Gasteiger charge is -2.59. The Bertz CT molecular complexity index is 695. The third-order valence-corrected chi connectivity index (χ3v) is 7.53. The van der Waals surface area contributed by atoms with E-state index < -0.39 is 11.5 Å². The molecular weight excluding hydrogens is 360 g/mol. The van der Waals surface area contributed by atoms with Crippen LogP contribution in [0.3, 0.4) is 0 Å². The minimum absolute atomic E-state index is 0.0730. The number of rotatable bonds is 6. The second-order valence-electron chi connectivity index (χ2n) is 9.00. The zero-order valence-electron chi connectivity index (χ0n) is 17.1. The van der Waals surface area contributed by atoms with E-state index in [1.807, 2.05) is 0 Å². The monoisotopic (exact) mass is 392 g/mol. The molecule has 2 N–H and O–H groups in total. The van der Waals surface area contributed by atoms with E-state index in [1.54, 1.807) is 12.2 Å². The molecule has 0 amide bonds. The summed E-state index contributed by atoms with van der Waals surface area (Å²) in [7, 11) is 0. The van der Waals surface area contributed by atoms with Gasteiger partial charge in [-0.15, -0.1) is 0 Å². The van der Waals surface area contributed by atoms with Crippen LogP contribution in [0.25, 0.3) is 0 Å². The SMILES string of the molecule is CC(=O)OCC12CCC(C)C(C)(CCC3=CC(=O)OC3)C1CC(O)C=C2CO. The number of cyclic esters (lactones) is 1. The largest absolute Gasteiger partial charge is 0.465 e. The Kier molecular flexibility index (Phi) is 6.01. The van der Waals surface area contributed by atoms with Crippen LogP contribution in [0.5, 0.6) is 0 Å². The normalized spacial score (nSPS) is 37.6. The van der Waals surface area contributed by atoms with Gasteiger partial charge >= 0.3 is 11.9 Å². The Balaban J connectivity index is 1.93. The lowest BCUT2D eigenvalue weighted by atomic mass is 9.46. The van der Waals surface area contributed by atoms with Gasteiger partial charge in [-0.1, -0.05) is 19.9 Å². The van der Waals surface area contributed by atoms with E-state index in [4.69, 9.17) is 9.47 Å². The molecule has 0 radical (unpaired) electrons. The third-order valence-electron chi connectivity index (χ3n) is 7.53. The van der Waals surface area contributed by atoms with Crippen LogP contribution in [0.2, 0.25) is 0 Å². The maximum Gasteiger partial charge on any atom is 0.331 e. The van der Waals surface area contributed by atoms with Gasteiger partial charge in [-0.25, -0.2) is 4.79 Å². The van der Waals surface area contributed by atoms with Crippen molar-refractivity contribution in [2.75, 3.05) is 19.8 Å². The molecule has 1 heterocycles. The molecule has 1 aliphatic heterocycles. The summed E-state index contributed by atoms with van der Waals surface area (Å²) in [5.41, 5.74) is 1.22. The number of aliphatic hydroxyl groups is 2. The molecule has 3 rings (SSSR count). The van der Waals surface area contributed by atoms with Gasteiger partial charge in [-0.05, 0) is 60.5 Å². The van der Waals surface area contributed by atoms with Crippen LogP contribution in [0.4, 0.5) is 0 Å². The molecule has 0 saturated heterocycles. The Morgan fingerprint density at radius 2 is 2.18 bits per heavy atom. The van der Waals surface area contributed by atoms with Crippen molar-refractivity contribution in [3.8, 4) is 0 Å². The van der Waals surface area contributed by atoms with Crippen molar-refractivity contribution in [1.29, 1.82) is 0 Å². The molecule has 6 heteroatoms. The van der Waals surface area contributed by atoms with Crippen LogP contribution < -0.4 is 0 Å². The molecule has 5 atom stereocenters. The molecule has 0 spiro atoms. The third kappa shape index (κ3) is 3.77. The van der Waals surface area contributed by atoms with Crippen molar-refractivity contribution in [3.63, 3.8) is 0 Å². The predicted molar refractivity (Wildman–Crippen MR) is 103 cm³/mol. The van der Waals surface area contributed by atoms with Crippen LogP contribution >= 0.6 is 0 Å². The first-order chi connectivity index (χ1) is 13.2. The van der Waals surface area contributed by atoms with Crippen LogP contribution in [0, 0.1) is 22.7 Å². The van der Waals surface area contributed by atoms with Gasteiger partial charge in [0.1, 0.15) is 13.2 Å². The Morgan fingerprint density at radius 1 is 1.43 bits per heavy atom. The molecule has 28 heavy (non-hydrogen) atoms.